The number of halogens is 3. The van der Waals surface area contributed by atoms with Crippen molar-refractivity contribution in [1.29, 1.82) is 0 Å². The predicted molar refractivity (Wildman–Crippen MR) is 38.4 cm³/mol. The standard InChI is InChI=1S/C7H7F3N2/c1-4-2-3-5(11)12-6(4)7(8,9)10/h2-3H,1H3,(H2,11,12). The molecule has 0 fully saturated rings. The van der Waals surface area contributed by atoms with Crippen molar-refractivity contribution in [3.8, 4) is 0 Å². The first-order valence-corrected chi connectivity index (χ1v) is 3.21. The molecule has 1 heterocycles. The number of anilines is 1. The first-order chi connectivity index (χ1) is 5.41. The van der Waals surface area contributed by atoms with Crippen molar-refractivity contribution in [2.75, 3.05) is 5.73 Å². The van der Waals surface area contributed by atoms with Gasteiger partial charge in [0.15, 0.2) is 0 Å². The fourth-order valence-corrected chi connectivity index (χ4v) is 0.831. The van der Waals surface area contributed by atoms with E-state index in [4.69, 9.17) is 5.73 Å². The molecule has 0 aromatic carbocycles. The van der Waals surface area contributed by atoms with Crippen LogP contribution < -0.4 is 5.73 Å². The number of hydrogen-bond acceptors (Lipinski definition) is 2. The molecule has 66 valence electrons. The van der Waals surface area contributed by atoms with E-state index in [0.29, 0.717) is 0 Å². The lowest BCUT2D eigenvalue weighted by molar-refractivity contribution is -0.141. The molecule has 0 saturated heterocycles. The molecule has 12 heavy (non-hydrogen) atoms. The zero-order valence-electron chi connectivity index (χ0n) is 6.31. The number of nitrogens with zero attached hydrogens (tertiary/aromatic N) is 1. The second-order valence-corrected chi connectivity index (χ2v) is 2.40. The highest BCUT2D eigenvalue weighted by Gasteiger charge is 2.34. The van der Waals surface area contributed by atoms with E-state index in [0.717, 1.165) is 0 Å². The average Bonchev–Trinajstić information content (AvgIpc) is 1.92. The van der Waals surface area contributed by atoms with Crippen molar-refractivity contribution < 1.29 is 13.2 Å². The van der Waals surface area contributed by atoms with E-state index in [2.05, 4.69) is 4.98 Å². The zero-order valence-corrected chi connectivity index (χ0v) is 6.31. The zero-order chi connectivity index (χ0) is 9.35. The summed E-state index contributed by atoms with van der Waals surface area (Å²) >= 11 is 0. The van der Waals surface area contributed by atoms with E-state index in [-0.39, 0.29) is 11.4 Å². The number of aryl methyl sites for hydroxylation is 1. The molecule has 1 aromatic heterocycles. The van der Waals surface area contributed by atoms with Crippen LogP contribution >= 0.6 is 0 Å². The normalized spacial score (nSPS) is 11.7. The summed E-state index contributed by atoms with van der Waals surface area (Å²) in [4.78, 5) is 3.20. The molecule has 0 atom stereocenters. The summed E-state index contributed by atoms with van der Waals surface area (Å²) in [5.74, 6) is -0.118. The molecule has 0 radical (unpaired) electrons. The molecule has 0 spiro atoms. The van der Waals surface area contributed by atoms with Gasteiger partial charge in [-0.1, -0.05) is 6.07 Å². The average molecular weight is 176 g/mol. The van der Waals surface area contributed by atoms with Crippen molar-refractivity contribution in [2.24, 2.45) is 0 Å². The minimum atomic E-state index is -4.42. The van der Waals surface area contributed by atoms with Gasteiger partial charge >= 0.3 is 6.18 Å². The Kier molecular flexibility index (Phi) is 1.95. The molecule has 2 nitrogen and oxygen atoms in total. The van der Waals surface area contributed by atoms with E-state index in [1.807, 2.05) is 0 Å². The second kappa shape index (κ2) is 2.66. The summed E-state index contributed by atoms with van der Waals surface area (Å²) in [7, 11) is 0. The number of alkyl halides is 3. The number of hydrogen-bond donors (Lipinski definition) is 1. The minimum absolute atomic E-state index is 0.0803. The maximum Gasteiger partial charge on any atom is 0.433 e. The summed E-state index contributed by atoms with van der Waals surface area (Å²) in [5.41, 5.74) is 4.28. The van der Waals surface area contributed by atoms with Gasteiger partial charge in [0, 0.05) is 0 Å². The van der Waals surface area contributed by atoms with Gasteiger partial charge < -0.3 is 5.73 Å². The quantitative estimate of drug-likeness (QED) is 0.656. The van der Waals surface area contributed by atoms with Crippen LogP contribution in [-0.2, 0) is 6.18 Å². The smallest absolute Gasteiger partial charge is 0.384 e. The lowest BCUT2D eigenvalue weighted by atomic mass is 10.2. The van der Waals surface area contributed by atoms with Crippen molar-refractivity contribution in [1.82, 2.24) is 4.98 Å². The van der Waals surface area contributed by atoms with Gasteiger partial charge in [-0.05, 0) is 18.6 Å². The summed E-state index contributed by atoms with van der Waals surface area (Å²) in [6.07, 6.45) is -4.42. The molecule has 0 amide bonds. The third-order valence-corrected chi connectivity index (χ3v) is 1.39. The van der Waals surface area contributed by atoms with Crippen LogP contribution in [0.15, 0.2) is 12.1 Å². The lowest BCUT2D eigenvalue weighted by Gasteiger charge is -2.08. The Morgan fingerprint density at radius 2 is 1.92 bits per heavy atom. The van der Waals surface area contributed by atoms with Crippen LogP contribution in [0.1, 0.15) is 11.3 Å². The first kappa shape index (κ1) is 8.83. The van der Waals surface area contributed by atoms with Crippen molar-refractivity contribution in [3.63, 3.8) is 0 Å². The van der Waals surface area contributed by atoms with Crippen molar-refractivity contribution >= 4 is 5.82 Å². The van der Waals surface area contributed by atoms with Crippen molar-refractivity contribution in [2.45, 2.75) is 13.1 Å². The number of nitrogen functional groups attached to an aromatic ring is 1. The lowest BCUT2D eigenvalue weighted by Crippen LogP contribution is -2.11. The summed E-state index contributed by atoms with van der Waals surface area (Å²) in [6.45, 7) is 1.34. The topological polar surface area (TPSA) is 38.9 Å². The third kappa shape index (κ3) is 1.66. The fourth-order valence-electron chi connectivity index (χ4n) is 0.831. The fraction of sp³-hybridized carbons (Fsp3) is 0.286. The summed E-state index contributed by atoms with van der Waals surface area (Å²) < 4.78 is 36.3. The van der Waals surface area contributed by atoms with Crippen LogP contribution in [0.25, 0.3) is 0 Å². The molecule has 1 rings (SSSR count). The second-order valence-electron chi connectivity index (χ2n) is 2.40. The molecule has 0 bridgehead atoms. The van der Waals surface area contributed by atoms with E-state index in [1.165, 1.54) is 19.1 Å². The van der Waals surface area contributed by atoms with Gasteiger partial charge in [0.05, 0.1) is 0 Å². The molecule has 0 aliphatic rings. The molecule has 0 unspecified atom stereocenters. The Morgan fingerprint density at radius 3 is 2.33 bits per heavy atom. The molecule has 2 N–H and O–H groups in total. The maximum absolute atomic E-state index is 12.1. The Labute approximate surface area is 67.2 Å². The monoisotopic (exact) mass is 176 g/mol. The van der Waals surface area contributed by atoms with E-state index < -0.39 is 11.9 Å². The first-order valence-electron chi connectivity index (χ1n) is 3.21. The van der Waals surface area contributed by atoms with Gasteiger partial charge in [-0.15, -0.1) is 0 Å². The SMILES string of the molecule is Cc1ccc(N)nc1C(F)(F)F. The van der Waals surface area contributed by atoms with Crippen molar-refractivity contribution in [3.05, 3.63) is 23.4 Å². The predicted octanol–water partition coefficient (Wildman–Crippen LogP) is 1.99. The molecule has 0 saturated carbocycles. The molecular formula is C7H7F3N2. The Balaban J connectivity index is 3.23. The molecular weight excluding hydrogens is 169 g/mol. The van der Waals surface area contributed by atoms with Crippen LogP contribution in [0.5, 0.6) is 0 Å². The van der Waals surface area contributed by atoms with Crippen LogP contribution in [0.3, 0.4) is 0 Å². The van der Waals surface area contributed by atoms with E-state index >= 15 is 0 Å². The van der Waals surface area contributed by atoms with Crippen LogP contribution in [0, 0.1) is 6.92 Å². The van der Waals surface area contributed by atoms with Gasteiger partial charge in [0.2, 0.25) is 0 Å². The molecule has 0 aliphatic carbocycles. The van der Waals surface area contributed by atoms with Gasteiger partial charge in [-0.2, -0.15) is 13.2 Å². The summed E-state index contributed by atoms with van der Waals surface area (Å²) in [6, 6.07) is 2.63. The van der Waals surface area contributed by atoms with E-state index in [9.17, 15) is 13.2 Å². The number of nitrogens with two attached hydrogens (primary N) is 1. The Morgan fingerprint density at radius 1 is 1.33 bits per heavy atom. The number of pyridine rings is 1. The maximum atomic E-state index is 12.1. The number of aromatic nitrogens is 1. The van der Waals surface area contributed by atoms with Crippen LogP contribution in [0.2, 0.25) is 0 Å². The highest BCUT2D eigenvalue weighted by molar-refractivity contribution is 5.34. The van der Waals surface area contributed by atoms with Gasteiger partial charge in [0.25, 0.3) is 0 Å². The molecule has 5 heteroatoms. The van der Waals surface area contributed by atoms with Crippen LogP contribution in [0.4, 0.5) is 19.0 Å². The number of rotatable bonds is 0. The van der Waals surface area contributed by atoms with E-state index in [1.54, 1.807) is 0 Å². The minimum Gasteiger partial charge on any atom is -0.384 e. The summed E-state index contributed by atoms with van der Waals surface area (Å²) in [5, 5.41) is 0. The highest BCUT2D eigenvalue weighted by Crippen LogP contribution is 2.30. The molecule has 0 aliphatic heterocycles. The van der Waals surface area contributed by atoms with Crippen LogP contribution in [-0.4, -0.2) is 4.98 Å². The largest absolute Gasteiger partial charge is 0.433 e. The highest BCUT2D eigenvalue weighted by atomic mass is 19.4. The Bertz CT molecular complexity index is 293. The third-order valence-electron chi connectivity index (χ3n) is 1.39. The molecule has 1 aromatic rings. The Hall–Kier alpha value is -1.26. The van der Waals surface area contributed by atoms with Gasteiger partial charge in [-0.3, -0.25) is 0 Å². The van der Waals surface area contributed by atoms with Gasteiger partial charge in [-0.25, -0.2) is 4.98 Å². The van der Waals surface area contributed by atoms with Gasteiger partial charge in [0.1, 0.15) is 11.5 Å².